The Morgan fingerprint density at radius 3 is 2.80 bits per heavy atom. The fourth-order valence-electron chi connectivity index (χ4n) is 4.78. The van der Waals surface area contributed by atoms with Crippen molar-refractivity contribution in [3.63, 3.8) is 0 Å². The molecule has 0 radical (unpaired) electrons. The van der Waals surface area contributed by atoms with Gasteiger partial charge in [-0.2, -0.15) is 0 Å². The van der Waals surface area contributed by atoms with E-state index in [1.807, 2.05) is 11.8 Å². The Hall–Kier alpha value is -1.30. The molecule has 0 spiro atoms. The number of carbonyl (C=O) groups is 1. The third kappa shape index (κ3) is 3.64. The lowest BCUT2D eigenvalue weighted by molar-refractivity contribution is -0.188. The molecule has 0 aromatic heterocycles. The van der Waals surface area contributed by atoms with Gasteiger partial charge >= 0.3 is 0 Å². The average Bonchev–Trinajstić information content (AvgIpc) is 3.07. The molecule has 2 N–H and O–H groups in total. The lowest BCUT2D eigenvalue weighted by Gasteiger charge is -2.60. The number of amides is 1. The summed E-state index contributed by atoms with van der Waals surface area (Å²) in [5.74, 6) is 1.71. The van der Waals surface area contributed by atoms with Gasteiger partial charge in [-0.05, 0) is 26.2 Å². The molecule has 0 aromatic carbocycles. The molecule has 1 saturated carbocycles. The maximum absolute atomic E-state index is 11.9. The predicted octanol–water partition coefficient (Wildman–Crippen LogP) is 1.76. The van der Waals surface area contributed by atoms with E-state index >= 15 is 0 Å². The van der Waals surface area contributed by atoms with Crippen molar-refractivity contribution in [3.05, 3.63) is 0 Å². The molecule has 2 aliphatic heterocycles. The Morgan fingerprint density at radius 1 is 1.28 bits per heavy atom. The third-order valence-electron chi connectivity index (χ3n) is 6.12. The topological polar surface area (TPSA) is 66.0 Å². The highest BCUT2D eigenvalue weighted by atomic mass is 16.5. The van der Waals surface area contributed by atoms with Gasteiger partial charge in [0.05, 0.1) is 6.10 Å². The van der Waals surface area contributed by atoms with Crippen LogP contribution in [0.2, 0.25) is 0 Å². The van der Waals surface area contributed by atoms with Crippen molar-refractivity contribution < 1.29 is 9.53 Å². The van der Waals surface area contributed by atoms with E-state index in [0.717, 1.165) is 45.0 Å². The smallest absolute Gasteiger partial charge is 0.222 e. The average molecular weight is 351 g/mol. The van der Waals surface area contributed by atoms with Crippen LogP contribution in [0.25, 0.3) is 0 Å². The Labute approximate surface area is 151 Å². The zero-order valence-electron chi connectivity index (χ0n) is 16.2. The van der Waals surface area contributed by atoms with Gasteiger partial charge in [0.1, 0.15) is 0 Å². The molecule has 4 atom stereocenters. The van der Waals surface area contributed by atoms with E-state index in [2.05, 4.69) is 36.4 Å². The highest BCUT2D eigenvalue weighted by molar-refractivity contribution is 5.81. The van der Waals surface area contributed by atoms with Crippen LogP contribution in [-0.4, -0.2) is 61.2 Å². The summed E-state index contributed by atoms with van der Waals surface area (Å²) < 4.78 is 6.01. The number of fused-ring (bicyclic) bond motifs is 1. The standard InChI is InChI=1S/C19H34N4O2/c1-5-15(24)23-10-9-13(12-23)21-18(20-6-2)22-16-14-8-7-11-25-17(14)19(16,3)4/h13-14,16-17H,5-12H2,1-4H3,(H2,20,21,22). The minimum atomic E-state index is 0.126. The second kappa shape index (κ2) is 7.52. The molecule has 6 nitrogen and oxygen atoms in total. The third-order valence-corrected chi connectivity index (χ3v) is 6.12. The summed E-state index contributed by atoms with van der Waals surface area (Å²) in [5.41, 5.74) is 0.126. The largest absolute Gasteiger partial charge is 0.377 e. The summed E-state index contributed by atoms with van der Waals surface area (Å²) in [6, 6.07) is 0.681. The van der Waals surface area contributed by atoms with E-state index in [1.54, 1.807) is 0 Å². The zero-order chi connectivity index (χ0) is 18.0. The van der Waals surface area contributed by atoms with Crippen LogP contribution in [0, 0.1) is 11.3 Å². The lowest BCUT2D eigenvalue weighted by Crippen LogP contribution is -2.71. The van der Waals surface area contributed by atoms with Crippen molar-refractivity contribution >= 4 is 11.9 Å². The zero-order valence-corrected chi connectivity index (χ0v) is 16.2. The number of hydrogen-bond acceptors (Lipinski definition) is 3. The summed E-state index contributed by atoms with van der Waals surface area (Å²) in [6.07, 6.45) is 4.32. The highest BCUT2D eigenvalue weighted by Gasteiger charge is 2.58. The number of ether oxygens (including phenoxy) is 1. The fraction of sp³-hybridized carbons (Fsp3) is 0.895. The monoisotopic (exact) mass is 350 g/mol. The van der Waals surface area contributed by atoms with Crippen LogP contribution in [0.4, 0.5) is 0 Å². The number of guanidine groups is 1. The normalized spacial score (nSPS) is 34.2. The highest BCUT2D eigenvalue weighted by Crippen LogP contribution is 2.51. The molecular weight excluding hydrogens is 316 g/mol. The van der Waals surface area contributed by atoms with Crippen LogP contribution in [0.3, 0.4) is 0 Å². The Bertz CT molecular complexity index is 520. The molecule has 3 rings (SSSR count). The minimum Gasteiger partial charge on any atom is -0.377 e. The number of likely N-dealkylation sites (tertiary alicyclic amines) is 1. The first-order valence-corrected chi connectivity index (χ1v) is 9.94. The Kier molecular flexibility index (Phi) is 5.56. The molecule has 6 heteroatoms. The Balaban J connectivity index is 1.59. The van der Waals surface area contributed by atoms with E-state index in [0.29, 0.717) is 24.5 Å². The number of aliphatic imine (C=N–C) groups is 1. The molecule has 2 heterocycles. The van der Waals surface area contributed by atoms with Gasteiger partial charge in [-0.15, -0.1) is 0 Å². The van der Waals surface area contributed by atoms with Crippen LogP contribution >= 0.6 is 0 Å². The predicted molar refractivity (Wildman–Crippen MR) is 99.6 cm³/mol. The number of nitrogens with zero attached hydrogens (tertiary/aromatic N) is 2. The molecule has 0 bridgehead atoms. The van der Waals surface area contributed by atoms with E-state index in [1.165, 1.54) is 6.42 Å². The quantitative estimate of drug-likeness (QED) is 0.599. The van der Waals surface area contributed by atoms with Crippen LogP contribution in [-0.2, 0) is 9.53 Å². The Morgan fingerprint density at radius 2 is 2.08 bits per heavy atom. The second-order valence-electron chi connectivity index (χ2n) is 8.19. The van der Waals surface area contributed by atoms with Gasteiger partial charge in [0.15, 0.2) is 5.96 Å². The number of hydrogen-bond donors (Lipinski definition) is 2. The molecule has 3 fully saturated rings. The van der Waals surface area contributed by atoms with Crippen LogP contribution in [0.1, 0.15) is 53.4 Å². The molecule has 142 valence electrons. The second-order valence-corrected chi connectivity index (χ2v) is 8.19. The molecule has 1 aliphatic carbocycles. The van der Waals surface area contributed by atoms with Gasteiger partial charge < -0.3 is 20.3 Å². The lowest BCUT2D eigenvalue weighted by atomic mass is 9.55. The van der Waals surface area contributed by atoms with E-state index in [9.17, 15) is 4.79 Å². The van der Waals surface area contributed by atoms with Gasteiger partial charge in [0.25, 0.3) is 0 Å². The maximum Gasteiger partial charge on any atom is 0.222 e. The van der Waals surface area contributed by atoms with E-state index < -0.39 is 0 Å². The molecule has 3 aliphatic rings. The summed E-state index contributed by atoms with van der Waals surface area (Å²) >= 11 is 0. The number of carbonyl (C=O) groups excluding carboxylic acids is 1. The van der Waals surface area contributed by atoms with Gasteiger partial charge in [-0.25, -0.2) is 0 Å². The summed E-state index contributed by atoms with van der Waals surface area (Å²) in [4.78, 5) is 18.5. The molecular formula is C19H34N4O2. The van der Waals surface area contributed by atoms with E-state index in [-0.39, 0.29) is 17.4 Å². The SMILES string of the molecule is CCN=C(NC1CCN(C(=O)CC)C1)NC1C2CCCOC2C1(C)C. The van der Waals surface area contributed by atoms with Gasteiger partial charge in [-0.3, -0.25) is 9.79 Å². The first-order chi connectivity index (χ1) is 12.0. The molecule has 1 amide bonds. The van der Waals surface area contributed by atoms with Crippen molar-refractivity contribution in [1.82, 2.24) is 15.5 Å². The number of nitrogens with one attached hydrogen (secondary N) is 2. The molecule has 2 saturated heterocycles. The van der Waals surface area contributed by atoms with Crippen molar-refractivity contribution in [2.45, 2.75) is 71.6 Å². The van der Waals surface area contributed by atoms with Gasteiger partial charge in [0.2, 0.25) is 5.91 Å². The molecule has 4 unspecified atom stereocenters. The summed E-state index contributed by atoms with van der Waals surface area (Å²) in [7, 11) is 0. The maximum atomic E-state index is 11.9. The number of rotatable bonds is 4. The first-order valence-electron chi connectivity index (χ1n) is 9.94. The molecule has 0 aromatic rings. The molecule has 25 heavy (non-hydrogen) atoms. The fourth-order valence-corrected chi connectivity index (χ4v) is 4.78. The van der Waals surface area contributed by atoms with Gasteiger partial charge in [-0.1, -0.05) is 20.8 Å². The minimum absolute atomic E-state index is 0.126. The summed E-state index contributed by atoms with van der Waals surface area (Å²) in [6.45, 7) is 11.8. The van der Waals surface area contributed by atoms with Crippen molar-refractivity contribution in [2.24, 2.45) is 16.3 Å². The summed E-state index contributed by atoms with van der Waals surface area (Å²) in [5, 5.41) is 7.25. The van der Waals surface area contributed by atoms with E-state index in [4.69, 9.17) is 4.74 Å². The van der Waals surface area contributed by atoms with Crippen LogP contribution < -0.4 is 10.6 Å². The van der Waals surface area contributed by atoms with Gasteiger partial charge in [0, 0.05) is 56.1 Å². The first kappa shape index (κ1) is 18.5. The van der Waals surface area contributed by atoms with Crippen molar-refractivity contribution in [1.29, 1.82) is 0 Å². The van der Waals surface area contributed by atoms with Crippen molar-refractivity contribution in [3.8, 4) is 0 Å². The van der Waals surface area contributed by atoms with Crippen LogP contribution in [0.5, 0.6) is 0 Å². The van der Waals surface area contributed by atoms with Crippen LogP contribution in [0.15, 0.2) is 4.99 Å². The van der Waals surface area contributed by atoms with Crippen molar-refractivity contribution in [2.75, 3.05) is 26.2 Å².